The number of benzene rings is 1. The summed E-state index contributed by atoms with van der Waals surface area (Å²) in [5.41, 5.74) is 5.69. The highest BCUT2D eigenvalue weighted by atomic mass is 32.2. The normalized spacial score (nSPS) is 17.1. The van der Waals surface area contributed by atoms with Gasteiger partial charge in [-0.15, -0.1) is 10.2 Å². The number of carbonyl (C=O) groups excluding carboxylic acids is 1. The molecule has 0 unspecified atom stereocenters. The van der Waals surface area contributed by atoms with Crippen molar-refractivity contribution in [3.63, 3.8) is 0 Å². The average molecular weight is 398 g/mol. The summed E-state index contributed by atoms with van der Waals surface area (Å²) in [6.45, 7) is 3.02. The van der Waals surface area contributed by atoms with Crippen molar-refractivity contribution in [1.82, 2.24) is 14.5 Å². The molecule has 0 spiro atoms. The van der Waals surface area contributed by atoms with Crippen molar-refractivity contribution in [2.24, 2.45) is 5.73 Å². The number of carbonyl (C=O) groups is 1. The number of amides is 1. The molecule has 26 heavy (non-hydrogen) atoms. The summed E-state index contributed by atoms with van der Waals surface area (Å²) in [4.78, 5) is 11.3. The maximum absolute atomic E-state index is 12.7. The average Bonchev–Trinajstić information content (AvgIpc) is 3.11. The van der Waals surface area contributed by atoms with Gasteiger partial charge in [0.25, 0.3) is 5.22 Å². The third-order valence-corrected chi connectivity index (χ3v) is 6.62. The molecule has 9 nitrogen and oxygen atoms in total. The van der Waals surface area contributed by atoms with Crippen LogP contribution in [-0.2, 0) is 19.6 Å². The van der Waals surface area contributed by atoms with E-state index in [4.69, 9.17) is 14.9 Å². The standard InChI is InChI=1S/C15H18N4O5S2/c1-10(13(16)20)25-15-18-17-14(24-15)11-3-2-4-12(9-11)26(21,22)19-5-7-23-8-6-19/h2-4,9-10H,5-8H2,1H3,(H2,16,20)/t10-/m1/s1. The quantitative estimate of drug-likeness (QED) is 0.705. The topological polar surface area (TPSA) is 129 Å². The van der Waals surface area contributed by atoms with Gasteiger partial charge in [-0.05, 0) is 25.1 Å². The van der Waals surface area contributed by atoms with E-state index >= 15 is 0 Å². The maximum Gasteiger partial charge on any atom is 0.277 e. The minimum atomic E-state index is -3.62. The van der Waals surface area contributed by atoms with Gasteiger partial charge in [0.2, 0.25) is 21.8 Å². The van der Waals surface area contributed by atoms with Crippen LogP contribution in [0.1, 0.15) is 6.92 Å². The van der Waals surface area contributed by atoms with Gasteiger partial charge in [-0.25, -0.2) is 8.42 Å². The van der Waals surface area contributed by atoms with E-state index in [1.165, 1.54) is 16.4 Å². The van der Waals surface area contributed by atoms with Gasteiger partial charge in [0.1, 0.15) is 0 Å². The van der Waals surface area contributed by atoms with Crippen LogP contribution in [0.4, 0.5) is 0 Å². The lowest BCUT2D eigenvalue weighted by Crippen LogP contribution is -2.40. The maximum atomic E-state index is 12.7. The highest BCUT2D eigenvalue weighted by Gasteiger charge is 2.27. The summed E-state index contributed by atoms with van der Waals surface area (Å²) < 4.78 is 37.6. The van der Waals surface area contributed by atoms with E-state index in [1.807, 2.05) is 0 Å². The first-order valence-electron chi connectivity index (χ1n) is 7.86. The van der Waals surface area contributed by atoms with E-state index in [2.05, 4.69) is 10.2 Å². The number of hydrogen-bond acceptors (Lipinski definition) is 8. The van der Waals surface area contributed by atoms with Crippen molar-refractivity contribution in [2.45, 2.75) is 22.3 Å². The molecule has 0 saturated carbocycles. The second-order valence-electron chi connectivity index (χ2n) is 5.58. The number of thioether (sulfide) groups is 1. The molecule has 1 aliphatic heterocycles. The van der Waals surface area contributed by atoms with Gasteiger partial charge in [0, 0.05) is 18.7 Å². The molecule has 1 aromatic carbocycles. The minimum absolute atomic E-state index is 0.148. The molecule has 0 bridgehead atoms. The Labute approximate surface area is 154 Å². The predicted octanol–water partition coefficient (Wildman–Crippen LogP) is 0.723. The zero-order chi connectivity index (χ0) is 18.7. The molecule has 1 aromatic heterocycles. The molecule has 1 fully saturated rings. The fourth-order valence-electron chi connectivity index (χ4n) is 2.31. The number of primary amides is 1. The fraction of sp³-hybridized carbons (Fsp3) is 0.400. The highest BCUT2D eigenvalue weighted by molar-refractivity contribution is 8.00. The smallest absolute Gasteiger partial charge is 0.277 e. The summed E-state index contributed by atoms with van der Waals surface area (Å²) in [6, 6.07) is 6.31. The van der Waals surface area contributed by atoms with E-state index < -0.39 is 21.2 Å². The van der Waals surface area contributed by atoms with Gasteiger partial charge in [0.05, 0.1) is 23.4 Å². The Morgan fingerprint density at radius 2 is 2.04 bits per heavy atom. The lowest BCUT2D eigenvalue weighted by atomic mass is 10.2. The molecule has 1 atom stereocenters. The number of ether oxygens (including phenoxy) is 1. The highest BCUT2D eigenvalue weighted by Crippen LogP contribution is 2.28. The third-order valence-electron chi connectivity index (χ3n) is 3.77. The molecule has 2 heterocycles. The Kier molecular flexibility index (Phi) is 5.61. The third kappa shape index (κ3) is 4.06. The molecule has 0 radical (unpaired) electrons. The van der Waals surface area contributed by atoms with E-state index in [-0.39, 0.29) is 16.0 Å². The number of sulfonamides is 1. The molecule has 2 aromatic rings. The van der Waals surface area contributed by atoms with Crippen LogP contribution < -0.4 is 5.73 Å². The van der Waals surface area contributed by atoms with E-state index in [0.29, 0.717) is 31.9 Å². The molecule has 1 aliphatic rings. The Morgan fingerprint density at radius 1 is 1.31 bits per heavy atom. The Bertz CT molecular complexity index is 893. The Morgan fingerprint density at radius 3 is 2.73 bits per heavy atom. The molecule has 0 aliphatic carbocycles. The molecular formula is C15H18N4O5S2. The van der Waals surface area contributed by atoms with Gasteiger partial charge < -0.3 is 14.9 Å². The number of morpholine rings is 1. The first-order chi connectivity index (χ1) is 12.4. The van der Waals surface area contributed by atoms with E-state index in [9.17, 15) is 13.2 Å². The van der Waals surface area contributed by atoms with Gasteiger partial charge in [-0.3, -0.25) is 4.79 Å². The molecule has 1 amide bonds. The molecule has 1 saturated heterocycles. The summed E-state index contributed by atoms with van der Waals surface area (Å²) >= 11 is 1.04. The summed E-state index contributed by atoms with van der Waals surface area (Å²) in [5, 5.41) is 7.45. The monoisotopic (exact) mass is 398 g/mol. The second kappa shape index (κ2) is 7.74. The molecule has 3 rings (SSSR count). The number of nitrogens with zero attached hydrogens (tertiary/aromatic N) is 3. The lowest BCUT2D eigenvalue weighted by molar-refractivity contribution is -0.117. The van der Waals surface area contributed by atoms with Crippen molar-refractivity contribution < 1.29 is 22.4 Å². The zero-order valence-electron chi connectivity index (χ0n) is 14.0. The van der Waals surface area contributed by atoms with Crippen LogP contribution in [0.25, 0.3) is 11.5 Å². The van der Waals surface area contributed by atoms with Crippen LogP contribution in [0.5, 0.6) is 0 Å². The fourth-order valence-corrected chi connectivity index (χ4v) is 4.40. The molecular weight excluding hydrogens is 380 g/mol. The minimum Gasteiger partial charge on any atom is -0.411 e. The van der Waals surface area contributed by atoms with Crippen molar-refractivity contribution in [3.05, 3.63) is 24.3 Å². The van der Waals surface area contributed by atoms with Crippen molar-refractivity contribution in [1.29, 1.82) is 0 Å². The number of nitrogens with two attached hydrogens (primary N) is 1. The van der Waals surface area contributed by atoms with Crippen LogP contribution in [0.3, 0.4) is 0 Å². The molecule has 2 N–H and O–H groups in total. The van der Waals surface area contributed by atoms with Crippen LogP contribution in [-0.4, -0.2) is 60.4 Å². The summed E-state index contributed by atoms with van der Waals surface area (Å²) in [5.74, 6) is -0.323. The Hall–Kier alpha value is -1.95. The van der Waals surface area contributed by atoms with Crippen LogP contribution in [0.2, 0.25) is 0 Å². The summed E-state index contributed by atoms with van der Waals surface area (Å²) in [7, 11) is -3.62. The summed E-state index contributed by atoms with van der Waals surface area (Å²) in [6.07, 6.45) is 0. The number of aromatic nitrogens is 2. The number of hydrogen-bond donors (Lipinski definition) is 1. The first kappa shape index (κ1) is 18.8. The Balaban J connectivity index is 1.83. The van der Waals surface area contributed by atoms with Crippen molar-refractivity contribution in [2.75, 3.05) is 26.3 Å². The molecule has 140 valence electrons. The van der Waals surface area contributed by atoms with Crippen LogP contribution in [0, 0.1) is 0 Å². The SMILES string of the molecule is C[C@@H](Sc1nnc(-c2cccc(S(=O)(=O)N3CCOCC3)c2)o1)C(N)=O. The van der Waals surface area contributed by atoms with Gasteiger partial charge in [-0.2, -0.15) is 4.31 Å². The van der Waals surface area contributed by atoms with Gasteiger partial charge in [-0.1, -0.05) is 17.8 Å². The van der Waals surface area contributed by atoms with E-state index in [0.717, 1.165) is 11.8 Å². The molecule has 11 heteroatoms. The van der Waals surface area contributed by atoms with Crippen LogP contribution >= 0.6 is 11.8 Å². The second-order valence-corrected chi connectivity index (χ2v) is 8.81. The van der Waals surface area contributed by atoms with Crippen molar-refractivity contribution >= 4 is 27.7 Å². The number of rotatable bonds is 6. The largest absolute Gasteiger partial charge is 0.411 e. The lowest BCUT2D eigenvalue weighted by Gasteiger charge is -2.26. The van der Waals surface area contributed by atoms with Gasteiger partial charge in [0.15, 0.2) is 0 Å². The van der Waals surface area contributed by atoms with E-state index in [1.54, 1.807) is 19.1 Å². The van der Waals surface area contributed by atoms with Crippen molar-refractivity contribution in [3.8, 4) is 11.5 Å². The predicted molar refractivity (Wildman–Crippen MR) is 93.8 cm³/mol. The van der Waals surface area contributed by atoms with Gasteiger partial charge >= 0.3 is 0 Å². The van der Waals surface area contributed by atoms with Crippen LogP contribution in [0.15, 0.2) is 38.8 Å². The first-order valence-corrected chi connectivity index (χ1v) is 10.2. The zero-order valence-corrected chi connectivity index (χ0v) is 15.6.